The lowest BCUT2D eigenvalue weighted by Crippen LogP contribution is -2.00. The third-order valence-electron chi connectivity index (χ3n) is 4.72. The number of aromatic nitrogens is 3. The Morgan fingerprint density at radius 1 is 0.862 bits per heavy atom. The van der Waals surface area contributed by atoms with E-state index < -0.39 is 0 Å². The molecular weight excluding hydrogens is 378 g/mol. The van der Waals surface area contributed by atoms with E-state index in [0.717, 1.165) is 33.7 Å². The Bertz CT molecular complexity index is 1100. The molecule has 1 aromatic heterocycles. The fraction of sp³-hybridized carbons (Fsp3) is 0.167. The summed E-state index contributed by atoms with van der Waals surface area (Å²) in [5, 5.41) is 9.91. The third kappa shape index (κ3) is 4.35. The monoisotopic (exact) mass is 401 g/mol. The highest BCUT2D eigenvalue weighted by molar-refractivity contribution is 7.98. The molecule has 5 heteroatoms. The van der Waals surface area contributed by atoms with Crippen LogP contribution in [0.2, 0.25) is 0 Å². The van der Waals surface area contributed by atoms with Crippen molar-refractivity contribution in [3.8, 4) is 22.8 Å². The summed E-state index contributed by atoms with van der Waals surface area (Å²) in [6.45, 7) is 4.20. The molecule has 0 atom stereocenters. The summed E-state index contributed by atoms with van der Waals surface area (Å²) < 4.78 is 7.43. The largest absolute Gasteiger partial charge is 0.497 e. The maximum atomic E-state index is 5.32. The van der Waals surface area contributed by atoms with Crippen LogP contribution >= 0.6 is 11.8 Å². The van der Waals surface area contributed by atoms with Gasteiger partial charge in [-0.1, -0.05) is 71.4 Å². The van der Waals surface area contributed by atoms with Crippen LogP contribution in [0, 0.1) is 13.8 Å². The third-order valence-corrected chi connectivity index (χ3v) is 5.72. The molecule has 0 aliphatic heterocycles. The lowest BCUT2D eigenvalue weighted by Gasteiger charge is -2.11. The molecule has 0 saturated carbocycles. The highest BCUT2D eigenvalue weighted by Crippen LogP contribution is 2.30. The maximum Gasteiger partial charge on any atom is 0.196 e. The van der Waals surface area contributed by atoms with Gasteiger partial charge in [0, 0.05) is 17.0 Å². The van der Waals surface area contributed by atoms with E-state index in [1.165, 1.54) is 16.7 Å². The fourth-order valence-corrected chi connectivity index (χ4v) is 4.06. The predicted octanol–water partition coefficient (Wildman–Crippen LogP) is 5.85. The Kier molecular flexibility index (Phi) is 5.67. The molecule has 4 nitrogen and oxygen atoms in total. The van der Waals surface area contributed by atoms with E-state index in [-0.39, 0.29) is 0 Å². The minimum atomic E-state index is 0.827. The molecule has 0 N–H and O–H groups in total. The molecule has 3 aromatic carbocycles. The normalized spacial score (nSPS) is 10.9. The lowest BCUT2D eigenvalue weighted by atomic mass is 10.1. The molecule has 0 radical (unpaired) electrons. The molecular formula is C24H23N3OS. The van der Waals surface area contributed by atoms with Crippen molar-refractivity contribution in [1.29, 1.82) is 0 Å². The van der Waals surface area contributed by atoms with E-state index >= 15 is 0 Å². The van der Waals surface area contributed by atoms with Crippen LogP contribution in [0.1, 0.15) is 16.7 Å². The van der Waals surface area contributed by atoms with Gasteiger partial charge in [-0.2, -0.15) is 0 Å². The highest BCUT2D eigenvalue weighted by atomic mass is 32.2. The molecule has 0 saturated heterocycles. The molecule has 1 heterocycles. The average molecular weight is 402 g/mol. The average Bonchev–Trinajstić information content (AvgIpc) is 3.17. The summed E-state index contributed by atoms with van der Waals surface area (Å²) in [6, 6.07) is 24.9. The minimum absolute atomic E-state index is 0.827. The van der Waals surface area contributed by atoms with E-state index in [0.29, 0.717) is 0 Å². The van der Waals surface area contributed by atoms with Crippen LogP contribution in [0.5, 0.6) is 5.75 Å². The number of ether oxygens (including phenoxy) is 1. The summed E-state index contributed by atoms with van der Waals surface area (Å²) >= 11 is 1.69. The van der Waals surface area contributed by atoms with E-state index in [4.69, 9.17) is 4.74 Å². The van der Waals surface area contributed by atoms with Crippen molar-refractivity contribution >= 4 is 11.8 Å². The number of hydrogen-bond donors (Lipinski definition) is 0. The summed E-state index contributed by atoms with van der Waals surface area (Å²) in [6.07, 6.45) is 0. The Labute approximate surface area is 175 Å². The van der Waals surface area contributed by atoms with Gasteiger partial charge >= 0.3 is 0 Å². The Morgan fingerprint density at radius 2 is 1.62 bits per heavy atom. The molecule has 146 valence electrons. The van der Waals surface area contributed by atoms with Crippen molar-refractivity contribution in [2.75, 3.05) is 7.11 Å². The number of aryl methyl sites for hydroxylation is 2. The maximum absolute atomic E-state index is 5.32. The van der Waals surface area contributed by atoms with Crippen LogP contribution < -0.4 is 4.74 Å². The van der Waals surface area contributed by atoms with Gasteiger partial charge in [-0.3, -0.25) is 4.57 Å². The fourth-order valence-electron chi connectivity index (χ4n) is 3.17. The van der Waals surface area contributed by atoms with Crippen LogP contribution in [0.4, 0.5) is 0 Å². The summed E-state index contributed by atoms with van der Waals surface area (Å²) in [5.41, 5.74) is 5.81. The van der Waals surface area contributed by atoms with Gasteiger partial charge in [0.25, 0.3) is 0 Å². The zero-order valence-corrected chi connectivity index (χ0v) is 17.6. The summed E-state index contributed by atoms with van der Waals surface area (Å²) in [5.74, 6) is 2.50. The molecule has 29 heavy (non-hydrogen) atoms. The van der Waals surface area contributed by atoms with Gasteiger partial charge in [0.2, 0.25) is 0 Å². The number of nitrogens with zero attached hydrogens (tertiary/aromatic N) is 3. The molecule has 0 unspecified atom stereocenters. The second-order valence-corrected chi connectivity index (χ2v) is 7.93. The van der Waals surface area contributed by atoms with Crippen LogP contribution in [0.15, 0.2) is 78.0 Å². The highest BCUT2D eigenvalue weighted by Gasteiger charge is 2.16. The van der Waals surface area contributed by atoms with E-state index in [2.05, 4.69) is 77.1 Å². The number of methoxy groups -OCH3 is 1. The zero-order valence-electron chi connectivity index (χ0n) is 16.8. The van der Waals surface area contributed by atoms with Crippen molar-refractivity contribution in [3.05, 3.63) is 89.5 Å². The van der Waals surface area contributed by atoms with Gasteiger partial charge in [-0.25, -0.2) is 0 Å². The van der Waals surface area contributed by atoms with Crippen molar-refractivity contribution in [1.82, 2.24) is 14.8 Å². The lowest BCUT2D eigenvalue weighted by molar-refractivity contribution is 0.414. The first-order valence-electron chi connectivity index (χ1n) is 9.49. The van der Waals surface area contributed by atoms with Crippen LogP contribution in [0.3, 0.4) is 0 Å². The van der Waals surface area contributed by atoms with E-state index in [1.54, 1.807) is 18.9 Å². The molecule has 0 bridgehead atoms. The molecule has 4 aromatic rings. The first-order chi connectivity index (χ1) is 14.1. The van der Waals surface area contributed by atoms with Gasteiger partial charge in [0.05, 0.1) is 7.11 Å². The van der Waals surface area contributed by atoms with Gasteiger partial charge < -0.3 is 4.74 Å². The number of benzene rings is 3. The van der Waals surface area contributed by atoms with Crippen molar-refractivity contribution < 1.29 is 4.74 Å². The predicted molar refractivity (Wildman–Crippen MR) is 119 cm³/mol. The molecule has 4 rings (SSSR count). The van der Waals surface area contributed by atoms with Gasteiger partial charge in [-0.15, -0.1) is 10.2 Å². The van der Waals surface area contributed by atoms with Gasteiger partial charge in [0.1, 0.15) is 5.75 Å². The Balaban J connectivity index is 1.73. The van der Waals surface area contributed by atoms with Crippen molar-refractivity contribution in [2.24, 2.45) is 0 Å². The first-order valence-corrected chi connectivity index (χ1v) is 10.5. The quantitative estimate of drug-likeness (QED) is 0.380. The topological polar surface area (TPSA) is 39.9 Å². The van der Waals surface area contributed by atoms with Gasteiger partial charge in [0.15, 0.2) is 11.0 Å². The van der Waals surface area contributed by atoms with Crippen LogP contribution in [-0.2, 0) is 5.75 Å². The van der Waals surface area contributed by atoms with Crippen molar-refractivity contribution in [3.63, 3.8) is 0 Å². The number of thioether (sulfide) groups is 1. The summed E-state index contributed by atoms with van der Waals surface area (Å²) in [7, 11) is 1.68. The molecule has 0 aliphatic rings. The standard InChI is InChI=1S/C24H23N3OS/c1-17-7-9-20(10-8-17)23-25-26-24(29-16-19-6-4-5-18(2)15-19)27(23)21-11-13-22(28-3)14-12-21/h4-15H,16H2,1-3H3. The molecule has 0 spiro atoms. The second-order valence-electron chi connectivity index (χ2n) is 6.98. The smallest absolute Gasteiger partial charge is 0.196 e. The SMILES string of the molecule is COc1ccc(-n2c(SCc3cccc(C)c3)nnc2-c2ccc(C)cc2)cc1. The van der Waals surface area contributed by atoms with E-state index in [1.807, 2.05) is 24.3 Å². The first kappa shape index (κ1) is 19.3. The summed E-state index contributed by atoms with van der Waals surface area (Å²) in [4.78, 5) is 0. The van der Waals surface area contributed by atoms with Crippen LogP contribution in [0.25, 0.3) is 17.1 Å². The van der Waals surface area contributed by atoms with Crippen molar-refractivity contribution in [2.45, 2.75) is 24.8 Å². The molecule has 0 fully saturated rings. The van der Waals surface area contributed by atoms with Crippen LogP contribution in [-0.4, -0.2) is 21.9 Å². The number of rotatable bonds is 6. The molecule has 0 amide bonds. The van der Waals surface area contributed by atoms with E-state index in [9.17, 15) is 0 Å². The number of hydrogen-bond acceptors (Lipinski definition) is 4. The molecule has 0 aliphatic carbocycles. The minimum Gasteiger partial charge on any atom is -0.497 e. The Hall–Kier alpha value is -3.05. The van der Waals surface area contributed by atoms with Gasteiger partial charge in [-0.05, 0) is 43.7 Å². The second kappa shape index (κ2) is 8.53. The Morgan fingerprint density at radius 3 is 2.31 bits per heavy atom. The zero-order chi connectivity index (χ0) is 20.2.